The lowest BCUT2D eigenvalue weighted by Crippen LogP contribution is -2.33. The van der Waals surface area contributed by atoms with Gasteiger partial charge in [0.1, 0.15) is 11.9 Å². The summed E-state index contributed by atoms with van der Waals surface area (Å²) in [5.41, 5.74) is 5.06. The Morgan fingerprint density at radius 2 is 2.44 bits per heavy atom. The highest BCUT2D eigenvalue weighted by Gasteiger charge is 2.12. The molecule has 0 aromatic heterocycles. The number of nitrogens with two attached hydrogens (primary N) is 1. The summed E-state index contributed by atoms with van der Waals surface area (Å²) < 4.78 is 0. The number of hydrogen-bond donors (Lipinski definition) is 2. The molecule has 0 unspecified atom stereocenters. The number of aliphatic hydroxyl groups is 1. The van der Waals surface area contributed by atoms with Crippen molar-refractivity contribution in [1.82, 2.24) is 0 Å². The summed E-state index contributed by atoms with van der Waals surface area (Å²) in [4.78, 5) is 16.6. The predicted octanol–water partition coefficient (Wildman–Crippen LogP) is -1.09. The topological polar surface area (TPSA) is 88.0 Å². The fourth-order valence-electron chi connectivity index (χ4n) is 0.416. The van der Waals surface area contributed by atoms with Gasteiger partial charge >= 0.3 is 6.03 Å². The zero-order valence-corrected chi connectivity index (χ0v) is 4.48. The molecular formula is C4H5N3O2. The molecule has 5 nitrogen and oxygen atoms in total. The number of nitrogens with zero attached hydrogens (tertiary/aromatic N) is 2. The van der Waals surface area contributed by atoms with Gasteiger partial charge in [0.05, 0.1) is 0 Å². The van der Waals surface area contributed by atoms with Crippen LogP contribution in [0.5, 0.6) is 0 Å². The number of urea groups is 1. The molecule has 2 amide bonds. The normalized spacial score (nSPS) is 26.1. The maximum absolute atomic E-state index is 10.2. The molecule has 0 spiro atoms. The van der Waals surface area contributed by atoms with Crippen LogP contribution in [0.15, 0.2) is 9.98 Å². The minimum atomic E-state index is -0.998. The highest BCUT2D eigenvalue weighted by Crippen LogP contribution is 1.91. The average Bonchev–Trinajstić information content (AvgIpc) is 1.80. The third-order valence-corrected chi connectivity index (χ3v) is 0.854. The maximum Gasteiger partial charge on any atom is 0.368 e. The van der Waals surface area contributed by atoms with E-state index < -0.39 is 12.1 Å². The van der Waals surface area contributed by atoms with E-state index in [1.54, 1.807) is 0 Å². The second-order valence-electron chi connectivity index (χ2n) is 1.54. The van der Waals surface area contributed by atoms with Crippen LogP contribution in [0.4, 0.5) is 4.79 Å². The molecule has 1 heterocycles. The van der Waals surface area contributed by atoms with Crippen molar-refractivity contribution >= 4 is 18.1 Å². The molecule has 1 rings (SSSR count). The first-order valence-electron chi connectivity index (χ1n) is 2.30. The lowest BCUT2D eigenvalue weighted by atomic mass is 10.3. The van der Waals surface area contributed by atoms with Crippen molar-refractivity contribution in [2.24, 2.45) is 15.7 Å². The van der Waals surface area contributed by atoms with Crippen molar-refractivity contribution in [3.63, 3.8) is 0 Å². The first-order chi connectivity index (χ1) is 4.20. The van der Waals surface area contributed by atoms with Crippen LogP contribution in [-0.2, 0) is 0 Å². The third-order valence-electron chi connectivity index (χ3n) is 0.854. The molecule has 0 saturated heterocycles. The van der Waals surface area contributed by atoms with Crippen LogP contribution in [0.3, 0.4) is 0 Å². The highest BCUT2D eigenvalue weighted by atomic mass is 16.3. The van der Waals surface area contributed by atoms with Crippen LogP contribution in [0, 0.1) is 0 Å². The standard InChI is InChI=1S/C4H5N3O2/c5-3-2(8)1-6-4(9)7-3/h1-2,8H,(H2,5,7,9)/t2-/m1/s1. The average molecular weight is 127 g/mol. The van der Waals surface area contributed by atoms with Crippen LogP contribution in [-0.4, -0.2) is 29.3 Å². The second kappa shape index (κ2) is 1.94. The van der Waals surface area contributed by atoms with Crippen molar-refractivity contribution < 1.29 is 9.90 Å². The maximum atomic E-state index is 10.2. The minimum absolute atomic E-state index is 0.102. The molecule has 1 atom stereocenters. The van der Waals surface area contributed by atoms with Gasteiger partial charge in [0.25, 0.3) is 0 Å². The monoisotopic (exact) mass is 127 g/mol. The number of amidine groups is 1. The van der Waals surface area contributed by atoms with E-state index in [-0.39, 0.29) is 5.84 Å². The van der Waals surface area contributed by atoms with Crippen molar-refractivity contribution in [1.29, 1.82) is 0 Å². The Labute approximate surface area is 50.9 Å². The first-order valence-corrected chi connectivity index (χ1v) is 2.30. The largest absolute Gasteiger partial charge is 0.384 e. The van der Waals surface area contributed by atoms with Gasteiger partial charge < -0.3 is 10.8 Å². The summed E-state index contributed by atoms with van der Waals surface area (Å²) in [5.74, 6) is -0.102. The predicted molar refractivity (Wildman–Crippen MR) is 31.5 cm³/mol. The Hall–Kier alpha value is -1.23. The zero-order chi connectivity index (χ0) is 6.85. The molecule has 0 aliphatic carbocycles. The highest BCUT2D eigenvalue weighted by molar-refractivity contribution is 6.09. The summed E-state index contributed by atoms with van der Waals surface area (Å²) in [6.45, 7) is 0. The van der Waals surface area contributed by atoms with Gasteiger partial charge in [0, 0.05) is 6.21 Å². The summed E-state index contributed by atoms with van der Waals surface area (Å²) >= 11 is 0. The molecule has 0 aromatic rings. The molecule has 0 fully saturated rings. The summed E-state index contributed by atoms with van der Waals surface area (Å²) in [5, 5.41) is 8.74. The number of hydrogen-bond acceptors (Lipinski definition) is 3. The van der Waals surface area contributed by atoms with E-state index in [2.05, 4.69) is 9.98 Å². The summed E-state index contributed by atoms with van der Waals surface area (Å²) in [7, 11) is 0. The molecule has 9 heavy (non-hydrogen) atoms. The van der Waals surface area contributed by atoms with E-state index in [1.165, 1.54) is 0 Å². The van der Waals surface area contributed by atoms with E-state index in [0.29, 0.717) is 0 Å². The molecule has 48 valence electrons. The van der Waals surface area contributed by atoms with Crippen LogP contribution < -0.4 is 5.73 Å². The molecule has 0 saturated carbocycles. The molecule has 0 radical (unpaired) electrons. The van der Waals surface area contributed by atoms with E-state index in [4.69, 9.17) is 10.8 Å². The molecule has 5 heteroatoms. The van der Waals surface area contributed by atoms with E-state index in [1.807, 2.05) is 0 Å². The Morgan fingerprint density at radius 1 is 1.78 bits per heavy atom. The SMILES string of the molecule is NC1=NC(=O)N=C[C@H]1O. The Bertz CT molecular complexity index is 196. The fourth-order valence-corrected chi connectivity index (χ4v) is 0.416. The number of carbonyl (C=O) groups is 1. The lowest BCUT2D eigenvalue weighted by Gasteiger charge is -2.04. The second-order valence-corrected chi connectivity index (χ2v) is 1.54. The van der Waals surface area contributed by atoms with E-state index >= 15 is 0 Å². The molecule has 0 aromatic carbocycles. The number of amides is 2. The number of aliphatic imine (C=N–C) groups is 2. The minimum Gasteiger partial charge on any atom is -0.384 e. The van der Waals surface area contributed by atoms with Gasteiger partial charge in [-0.2, -0.15) is 4.99 Å². The summed E-state index contributed by atoms with van der Waals surface area (Å²) in [6, 6.07) is -0.669. The Morgan fingerprint density at radius 3 is 2.89 bits per heavy atom. The van der Waals surface area contributed by atoms with Crippen molar-refractivity contribution in [2.75, 3.05) is 0 Å². The quantitative estimate of drug-likeness (QED) is 0.433. The van der Waals surface area contributed by atoms with Crippen LogP contribution in [0.1, 0.15) is 0 Å². The van der Waals surface area contributed by atoms with Gasteiger partial charge in [-0.1, -0.05) is 0 Å². The Balaban J connectivity index is 2.82. The van der Waals surface area contributed by atoms with Crippen molar-refractivity contribution in [3.05, 3.63) is 0 Å². The molecule has 0 bridgehead atoms. The van der Waals surface area contributed by atoms with Gasteiger partial charge in [-0.05, 0) is 0 Å². The zero-order valence-electron chi connectivity index (χ0n) is 4.48. The van der Waals surface area contributed by atoms with Crippen LogP contribution in [0.25, 0.3) is 0 Å². The fraction of sp³-hybridized carbons (Fsp3) is 0.250. The van der Waals surface area contributed by atoms with Crippen molar-refractivity contribution in [3.8, 4) is 0 Å². The van der Waals surface area contributed by atoms with E-state index in [9.17, 15) is 4.79 Å². The number of rotatable bonds is 0. The molecular weight excluding hydrogens is 122 g/mol. The van der Waals surface area contributed by atoms with Crippen molar-refractivity contribution in [2.45, 2.75) is 6.10 Å². The first kappa shape index (κ1) is 5.90. The van der Waals surface area contributed by atoms with Gasteiger partial charge in [0.15, 0.2) is 0 Å². The smallest absolute Gasteiger partial charge is 0.368 e. The summed E-state index contributed by atoms with van der Waals surface area (Å²) in [6.07, 6.45) is 0.0488. The number of carbonyl (C=O) groups excluding carboxylic acids is 1. The van der Waals surface area contributed by atoms with Gasteiger partial charge in [-0.15, -0.1) is 0 Å². The Kier molecular flexibility index (Phi) is 1.27. The number of aliphatic hydroxyl groups excluding tert-OH is 1. The van der Waals surface area contributed by atoms with Gasteiger partial charge in [-0.25, -0.2) is 9.79 Å². The molecule has 3 N–H and O–H groups in total. The molecule has 1 aliphatic rings. The van der Waals surface area contributed by atoms with Gasteiger partial charge in [-0.3, -0.25) is 0 Å². The van der Waals surface area contributed by atoms with Crippen LogP contribution in [0.2, 0.25) is 0 Å². The van der Waals surface area contributed by atoms with E-state index in [0.717, 1.165) is 6.21 Å². The third kappa shape index (κ3) is 1.11. The lowest BCUT2D eigenvalue weighted by molar-refractivity contribution is 0.254. The molecule has 1 aliphatic heterocycles. The van der Waals surface area contributed by atoms with Gasteiger partial charge in [0.2, 0.25) is 0 Å². The van der Waals surface area contributed by atoms with Crippen LogP contribution >= 0.6 is 0 Å².